The average Bonchev–Trinajstić information content (AvgIpc) is 2.34. The van der Waals surface area contributed by atoms with Gasteiger partial charge in [-0.05, 0) is 30.2 Å². The van der Waals surface area contributed by atoms with Gasteiger partial charge in [-0.15, -0.1) is 0 Å². The minimum absolute atomic E-state index is 0.144. The maximum absolute atomic E-state index is 5.50. The summed E-state index contributed by atoms with van der Waals surface area (Å²) in [7, 11) is 1.69. The summed E-state index contributed by atoms with van der Waals surface area (Å²) in [6, 6.07) is 11.9. The summed E-state index contributed by atoms with van der Waals surface area (Å²) >= 11 is 0. The fraction of sp³-hybridized carbons (Fsp3) is 0.231. The van der Waals surface area contributed by atoms with Gasteiger partial charge >= 0.3 is 0 Å². The lowest BCUT2D eigenvalue weighted by Gasteiger charge is -2.16. The number of nitrogens with zero attached hydrogens (tertiary/aromatic N) is 2. The van der Waals surface area contributed by atoms with Crippen LogP contribution in [0.1, 0.15) is 22.9 Å². The minimum Gasteiger partial charge on any atom is -0.370 e. The van der Waals surface area contributed by atoms with Crippen LogP contribution in [0.3, 0.4) is 0 Å². The molecule has 1 heterocycles. The zero-order chi connectivity index (χ0) is 11.4. The van der Waals surface area contributed by atoms with Crippen molar-refractivity contribution in [2.24, 2.45) is 0 Å². The van der Waals surface area contributed by atoms with Gasteiger partial charge in [0.1, 0.15) is 6.10 Å². The number of rotatable bonds is 3. The highest BCUT2D eigenvalue weighted by Crippen LogP contribution is 2.25. The van der Waals surface area contributed by atoms with E-state index >= 15 is 0 Å². The number of aromatic nitrogens is 2. The van der Waals surface area contributed by atoms with Crippen LogP contribution in [0.4, 0.5) is 0 Å². The molecule has 0 spiro atoms. The van der Waals surface area contributed by atoms with Gasteiger partial charge in [-0.2, -0.15) is 10.2 Å². The lowest BCUT2D eigenvalue weighted by molar-refractivity contribution is 0.131. The zero-order valence-electron chi connectivity index (χ0n) is 9.42. The molecule has 0 N–H and O–H groups in total. The van der Waals surface area contributed by atoms with Gasteiger partial charge in [-0.1, -0.05) is 24.3 Å². The first-order valence-electron chi connectivity index (χ1n) is 5.19. The van der Waals surface area contributed by atoms with Crippen molar-refractivity contribution in [1.82, 2.24) is 10.2 Å². The Morgan fingerprint density at radius 1 is 1.12 bits per heavy atom. The van der Waals surface area contributed by atoms with Crippen molar-refractivity contribution in [3.8, 4) is 0 Å². The minimum atomic E-state index is -0.144. The Balaban J connectivity index is 2.41. The fourth-order valence-electron chi connectivity index (χ4n) is 1.74. The quantitative estimate of drug-likeness (QED) is 0.787. The topological polar surface area (TPSA) is 35.0 Å². The first-order valence-corrected chi connectivity index (χ1v) is 5.19. The molecule has 1 aromatic carbocycles. The van der Waals surface area contributed by atoms with E-state index in [1.807, 2.05) is 24.3 Å². The molecular weight excluding hydrogens is 200 g/mol. The molecule has 2 aromatic rings. The van der Waals surface area contributed by atoms with Crippen LogP contribution >= 0.6 is 0 Å². The van der Waals surface area contributed by atoms with Crippen molar-refractivity contribution in [3.63, 3.8) is 0 Å². The monoisotopic (exact) mass is 214 g/mol. The Kier molecular flexibility index (Phi) is 3.27. The van der Waals surface area contributed by atoms with E-state index in [1.54, 1.807) is 13.3 Å². The third-order valence-electron chi connectivity index (χ3n) is 2.57. The van der Waals surface area contributed by atoms with E-state index in [-0.39, 0.29) is 6.10 Å². The summed E-state index contributed by atoms with van der Waals surface area (Å²) in [4.78, 5) is 0. The molecule has 0 bridgehead atoms. The largest absolute Gasteiger partial charge is 0.370 e. The van der Waals surface area contributed by atoms with Crippen LogP contribution in [0.25, 0.3) is 0 Å². The van der Waals surface area contributed by atoms with Gasteiger partial charge in [0.25, 0.3) is 0 Å². The molecular formula is C13H14N2O. The second kappa shape index (κ2) is 4.86. The maximum Gasteiger partial charge on any atom is 0.126 e. The van der Waals surface area contributed by atoms with Crippen LogP contribution in [-0.2, 0) is 4.74 Å². The standard InChI is InChI=1S/C13H14N2O/c1-10-6-3-4-7-11(10)13(16-2)12-8-5-9-14-15-12/h3-9,13H,1-2H3. The van der Waals surface area contributed by atoms with Gasteiger partial charge < -0.3 is 4.74 Å². The number of hydrogen-bond acceptors (Lipinski definition) is 3. The van der Waals surface area contributed by atoms with E-state index in [1.165, 1.54) is 5.56 Å². The molecule has 0 saturated heterocycles. The van der Waals surface area contributed by atoms with Crippen molar-refractivity contribution >= 4 is 0 Å². The molecule has 0 aliphatic carbocycles. The van der Waals surface area contributed by atoms with Crippen LogP contribution in [0.2, 0.25) is 0 Å². The van der Waals surface area contributed by atoms with Crippen molar-refractivity contribution < 1.29 is 4.74 Å². The number of benzene rings is 1. The number of ether oxygens (including phenoxy) is 1. The Morgan fingerprint density at radius 2 is 1.94 bits per heavy atom. The maximum atomic E-state index is 5.50. The molecule has 1 aromatic heterocycles. The summed E-state index contributed by atoms with van der Waals surface area (Å²) in [6.45, 7) is 2.07. The third-order valence-corrected chi connectivity index (χ3v) is 2.57. The highest BCUT2D eigenvalue weighted by molar-refractivity contribution is 5.32. The van der Waals surface area contributed by atoms with Crippen LogP contribution in [0.15, 0.2) is 42.6 Å². The fourth-order valence-corrected chi connectivity index (χ4v) is 1.74. The number of methoxy groups -OCH3 is 1. The lowest BCUT2D eigenvalue weighted by Crippen LogP contribution is -2.07. The molecule has 0 aliphatic heterocycles. The van der Waals surface area contributed by atoms with Crippen molar-refractivity contribution in [1.29, 1.82) is 0 Å². The first-order chi connectivity index (χ1) is 7.83. The third kappa shape index (κ3) is 2.09. The molecule has 3 heteroatoms. The highest BCUT2D eigenvalue weighted by atomic mass is 16.5. The Bertz CT molecular complexity index is 456. The second-order valence-electron chi connectivity index (χ2n) is 3.62. The molecule has 3 nitrogen and oxygen atoms in total. The van der Waals surface area contributed by atoms with Gasteiger partial charge in [0.05, 0.1) is 5.69 Å². The molecule has 1 atom stereocenters. The lowest BCUT2D eigenvalue weighted by atomic mass is 10.0. The predicted molar refractivity (Wildman–Crippen MR) is 62.1 cm³/mol. The molecule has 82 valence electrons. The molecule has 0 fully saturated rings. The molecule has 0 saturated carbocycles. The average molecular weight is 214 g/mol. The van der Waals surface area contributed by atoms with Crippen molar-refractivity contribution in [3.05, 3.63) is 59.4 Å². The molecule has 0 radical (unpaired) electrons. The summed E-state index contributed by atoms with van der Waals surface area (Å²) < 4.78 is 5.50. The zero-order valence-corrected chi connectivity index (χ0v) is 9.42. The van der Waals surface area contributed by atoms with Gasteiger partial charge in [-0.3, -0.25) is 0 Å². The Hall–Kier alpha value is -1.74. The Morgan fingerprint density at radius 3 is 2.56 bits per heavy atom. The van der Waals surface area contributed by atoms with Gasteiger partial charge in [0.2, 0.25) is 0 Å². The summed E-state index contributed by atoms with van der Waals surface area (Å²) in [5.74, 6) is 0. The second-order valence-corrected chi connectivity index (χ2v) is 3.62. The van der Waals surface area contributed by atoms with Crippen LogP contribution in [0.5, 0.6) is 0 Å². The van der Waals surface area contributed by atoms with Crippen LogP contribution < -0.4 is 0 Å². The predicted octanol–water partition coefficient (Wildman–Crippen LogP) is 2.52. The first kappa shape index (κ1) is 10.8. The van der Waals surface area contributed by atoms with E-state index in [0.717, 1.165) is 11.3 Å². The van der Waals surface area contributed by atoms with Crippen molar-refractivity contribution in [2.75, 3.05) is 7.11 Å². The van der Waals surface area contributed by atoms with Crippen LogP contribution in [-0.4, -0.2) is 17.3 Å². The molecule has 0 aliphatic rings. The van der Waals surface area contributed by atoms with Gasteiger partial charge in [-0.25, -0.2) is 0 Å². The molecule has 0 amide bonds. The molecule has 16 heavy (non-hydrogen) atoms. The Labute approximate surface area is 95.1 Å². The van der Waals surface area contributed by atoms with E-state index in [2.05, 4.69) is 29.3 Å². The summed E-state index contributed by atoms with van der Waals surface area (Å²) in [5.41, 5.74) is 3.16. The highest BCUT2D eigenvalue weighted by Gasteiger charge is 2.16. The smallest absolute Gasteiger partial charge is 0.126 e. The number of aryl methyl sites for hydroxylation is 1. The summed E-state index contributed by atoms with van der Waals surface area (Å²) in [6.07, 6.45) is 1.52. The van der Waals surface area contributed by atoms with Gasteiger partial charge in [0.15, 0.2) is 0 Å². The summed E-state index contributed by atoms with van der Waals surface area (Å²) in [5, 5.41) is 7.97. The normalized spacial score (nSPS) is 12.4. The van der Waals surface area contributed by atoms with E-state index < -0.39 is 0 Å². The van der Waals surface area contributed by atoms with E-state index in [4.69, 9.17) is 4.74 Å². The molecule has 2 rings (SSSR count). The van der Waals surface area contributed by atoms with Gasteiger partial charge in [0, 0.05) is 13.3 Å². The van der Waals surface area contributed by atoms with Crippen molar-refractivity contribution in [2.45, 2.75) is 13.0 Å². The van der Waals surface area contributed by atoms with E-state index in [9.17, 15) is 0 Å². The number of hydrogen-bond donors (Lipinski definition) is 0. The molecule has 1 unspecified atom stereocenters. The van der Waals surface area contributed by atoms with E-state index in [0.29, 0.717) is 0 Å². The van der Waals surface area contributed by atoms with Crippen LogP contribution in [0, 0.1) is 6.92 Å². The SMILES string of the molecule is COC(c1cccnn1)c1ccccc1C.